The number of rotatable bonds is 8. The quantitative estimate of drug-likeness (QED) is 0.344. The highest BCUT2D eigenvalue weighted by atomic mass is 16.5. The third-order valence-corrected chi connectivity index (χ3v) is 4.29. The van der Waals surface area contributed by atoms with Crippen molar-refractivity contribution in [1.29, 1.82) is 5.26 Å². The number of esters is 1. The smallest absolute Gasteiger partial charge is 0.330 e. The minimum absolute atomic E-state index is 0.349. The van der Waals surface area contributed by atoms with Gasteiger partial charge >= 0.3 is 5.97 Å². The molecule has 0 saturated heterocycles. The summed E-state index contributed by atoms with van der Waals surface area (Å²) in [6.45, 7) is 1.01. The number of benzene rings is 1. The Hall–Kier alpha value is -3.39. The van der Waals surface area contributed by atoms with Crippen molar-refractivity contribution in [3.8, 4) is 6.07 Å². The van der Waals surface area contributed by atoms with E-state index in [9.17, 15) is 4.79 Å². The normalized spacial score (nSPS) is 10.9. The predicted molar refractivity (Wildman–Crippen MR) is 105 cm³/mol. The minimum Gasteiger partial charge on any atom is -0.463 e. The number of carbonyl (C=O) groups excluding carboxylic acids is 1. The standard InChI is InChI=1S/C22H21N3O2/c23-12-4-15-25-17-19(20-6-1-2-7-21(20)25)8-9-22(26)27-16-3-5-18-10-13-24-14-11-18/h1-2,6-11,13-14,17H,3-5,15-16H2/b9-8+. The van der Waals surface area contributed by atoms with Crippen molar-refractivity contribution >= 4 is 22.9 Å². The van der Waals surface area contributed by atoms with Gasteiger partial charge in [-0.05, 0) is 42.7 Å². The molecule has 3 aromatic rings. The first kappa shape index (κ1) is 18.4. The Kier molecular flexibility index (Phi) is 6.37. The van der Waals surface area contributed by atoms with E-state index >= 15 is 0 Å². The molecule has 0 radical (unpaired) electrons. The average molecular weight is 359 g/mol. The van der Waals surface area contributed by atoms with Crippen LogP contribution >= 0.6 is 0 Å². The van der Waals surface area contributed by atoms with Crippen LogP contribution in [0.3, 0.4) is 0 Å². The van der Waals surface area contributed by atoms with E-state index in [1.807, 2.05) is 47.2 Å². The van der Waals surface area contributed by atoms with Crippen LogP contribution in [-0.4, -0.2) is 22.1 Å². The highest BCUT2D eigenvalue weighted by Gasteiger charge is 2.06. The lowest BCUT2D eigenvalue weighted by Crippen LogP contribution is -2.03. The fraction of sp³-hybridized carbons (Fsp3) is 0.227. The number of hydrogen-bond donors (Lipinski definition) is 0. The van der Waals surface area contributed by atoms with E-state index in [0.29, 0.717) is 19.6 Å². The van der Waals surface area contributed by atoms with Gasteiger partial charge in [-0.15, -0.1) is 0 Å². The lowest BCUT2D eigenvalue weighted by atomic mass is 10.1. The molecule has 136 valence electrons. The number of ether oxygens (including phenoxy) is 1. The highest BCUT2D eigenvalue weighted by Crippen LogP contribution is 2.22. The van der Waals surface area contributed by atoms with Crippen LogP contribution in [0, 0.1) is 11.3 Å². The second-order valence-electron chi connectivity index (χ2n) is 6.16. The number of nitrogens with zero attached hydrogens (tertiary/aromatic N) is 3. The van der Waals surface area contributed by atoms with Crippen molar-refractivity contribution in [2.75, 3.05) is 6.61 Å². The van der Waals surface area contributed by atoms with E-state index in [0.717, 1.165) is 29.3 Å². The van der Waals surface area contributed by atoms with Crippen LogP contribution in [0.5, 0.6) is 0 Å². The molecule has 0 unspecified atom stereocenters. The Morgan fingerprint density at radius 1 is 1.22 bits per heavy atom. The van der Waals surface area contributed by atoms with Gasteiger partial charge in [0, 0.05) is 47.7 Å². The summed E-state index contributed by atoms with van der Waals surface area (Å²) in [5.41, 5.74) is 3.18. The van der Waals surface area contributed by atoms with E-state index < -0.39 is 0 Å². The maximum absolute atomic E-state index is 12.0. The van der Waals surface area contributed by atoms with Crippen LogP contribution in [-0.2, 0) is 22.5 Å². The van der Waals surface area contributed by atoms with Crippen molar-refractivity contribution in [1.82, 2.24) is 9.55 Å². The lowest BCUT2D eigenvalue weighted by molar-refractivity contribution is -0.137. The van der Waals surface area contributed by atoms with Crippen molar-refractivity contribution in [2.45, 2.75) is 25.8 Å². The number of hydrogen-bond acceptors (Lipinski definition) is 4. The van der Waals surface area contributed by atoms with Gasteiger partial charge in [-0.25, -0.2) is 4.79 Å². The zero-order valence-corrected chi connectivity index (χ0v) is 15.0. The second-order valence-corrected chi connectivity index (χ2v) is 6.16. The third-order valence-electron chi connectivity index (χ3n) is 4.29. The van der Waals surface area contributed by atoms with Crippen LogP contribution < -0.4 is 0 Å². The molecule has 2 heterocycles. The summed E-state index contributed by atoms with van der Waals surface area (Å²) in [4.78, 5) is 16.0. The molecule has 0 N–H and O–H groups in total. The Labute approximate surface area is 158 Å². The van der Waals surface area contributed by atoms with Gasteiger partial charge in [-0.2, -0.15) is 5.26 Å². The van der Waals surface area contributed by atoms with E-state index in [4.69, 9.17) is 10.00 Å². The maximum atomic E-state index is 12.0. The average Bonchev–Trinajstić information content (AvgIpc) is 3.07. The molecule has 0 atom stereocenters. The Balaban J connectivity index is 1.57. The maximum Gasteiger partial charge on any atom is 0.330 e. The number of carbonyl (C=O) groups is 1. The summed E-state index contributed by atoms with van der Waals surface area (Å²) in [5.74, 6) is -0.349. The van der Waals surface area contributed by atoms with Gasteiger partial charge in [0.25, 0.3) is 0 Å². The molecular formula is C22H21N3O2. The van der Waals surface area contributed by atoms with Crippen LogP contribution in [0.25, 0.3) is 17.0 Å². The van der Waals surface area contributed by atoms with Gasteiger partial charge in [0.15, 0.2) is 0 Å². The zero-order valence-electron chi connectivity index (χ0n) is 15.0. The Morgan fingerprint density at radius 3 is 2.85 bits per heavy atom. The van der Waals surface area contributed by atoms with Crippen LogP contribution in [0.2, 0.25) is 0 Å². The van der Waals surface area contributed by atoms with E-state index in [-0.39, 0.29) is 5.97 Å². The molecule has 0 fully saturated rings. The summed E-state index contributed by atoms with van der Waals surface area (Å²) in [5, 5.41) is 9.87. The van der Waals surface area contributed by atoms with Crippen molar-refractivity contribution in [3.05, 3.63) is 72.2 Å². The Morgan fingerprint density at radius 2 is 2.04 bits per heavy atom. The first-order valence-electron chi connectivity index (χ1n) is 8.96. The fourth-order valence-electron chi connectivity index (χ4n) is 2.97. The molecule has 1 aromatic carbocycles. The van der Waals surface area contributed by atoms with Gasteiger partial charge < -0.3 is 9.30 Å². The zero-order chi connectivity index (χ0) is 18.9. The molecule has 0 aliphatic rings. The minimum atomic E-state index is -0.349. The number of nitriles is 1. The molecule has 3 rings (SSSR count). The number of para-hydroxylation sites is 1. The molecule has 27 heavy (non-hydrogen) atoms. The van der Waals surface area contributed by atoms with Gasteiger partial charge in [-0.3, -0.25) is 4.98 Å². The largest absolute Gasteiger partial charge is 0.463 e. The predicted octanol–water partition coefficient (Wildman–Crippen LogP) is 4.14. The van der Waals surface area contributed by atoms with Crippen LogP contribution in [0.15, 0.2) is 61.1 Å². The molecule has 0 aliphatic heterocycles. The number of fused-ring (bicyclic) bond motifs is 1. The van der Waals surface area contributed by atoms with E-state index in [2.05, 4.69) is 11.1 Å². The number of aryl methyl sites for hydroxylation is 2. The number of aromatic nitrogens is 2. The molecule has 5 heteroatoms. The molecule has 2 aromatic heterocycles. The van der Waals surface area contributed by atoms with E-state index in [1.54, 1.807) is 18.5 Å². The second kappa shape index (κ2) is 9.35. The van der Waals surface area contributed by atoms with Crippen LogP contribution in [0.1, 0.15) is 24.0 Å². The lowest BCUT2D eigenvalue weighted by Gasteiger charge is -2.02. The van der Waals surface area contributed by atoms with E-state index in [1.165, 1.54) is 11.6 Å². The monoisotopic (exact) mass is 359 g/mol. The van der Waals surface area contributed by atoms with Gasteiger partial charge in [-0.1, -0.05) is 18.2 Å². The summed E-state index contributed by atoms with van der Waals surface area (Å²) >= 11 is 0. The fourth-order valence-corrected chi connectivity index (χ4v) is 2.97. The molecule has 0 spiro atoms. The van der Waals surface area contributed by atoms with Gasteiger partial charge in [0.1, 0.15) is 0 Å². The molecule has 5 nitrogen and oxygen atoms in total. The molecule has 0 bridgehead atoms. The summed E-state index contributed by atoms with van der Waals surface area (Å²) in [6.07, 6.45) is 10.8. The first-order chi connectivity index (χ1) is 13.3. The SMILES string of the molecule is N#CCCn1cc(/C=C/C(=O)OCCCc2ccncc2)c2ccccc21. The molecule has 0 aliphatic carbocycles. The summed E-state index contributed by atoms with van der Waals surface area (Å²) in [7, 11) is 0. The molecule has 0 amide bonds. The Bertz CT molecular complexity index is 968. The highest BCUT2D eigenvalue weighted by molar-refractivity contribution is 5.94. The van der Waals surface area contributed by atoms with Crippen LogP contribution in [0.4, 0.5) is 0 Å². The van der Waals surface area contributed by atoms with Crippen molar-refractivity contribution < 1.29 is 9.53 Å². The van der Waals surface area contributed by atoms with Crippen molar-refractivity contribution in [3.63, 3.8) is 0 Å². The summed E-state index contributed by atoms with van der Waals surface area (Å²) < 4.78 is 7.32. The first-order valence-corrected chi connectivity index (χ1v) is 8.96. The molecule has 0 saturated carbocycles. The van der Waals surface area contributed by atoms with Crippen molar-refractivity contribution in [2.24, 2.45) is 0 Å². The summed E-state index contributed by atoms with van der Waals surface area (Å²) in [6, 6.07) is 14.0. The van der Waals surface area contributed by atoms with Gasteiger partial charge in [0.05, 0.1) is 19.1 Å². The molecular weight excluding hydrogens is 338 g/mol. The number of pyridine rings is 1. The van der Waals surface area contributed by atoms with Gasteiger partial charge in [0.2, 0.25) is 0 Å². The third kappa shape index (κ3) is 5.05. The topological polar surface area (TPSA) is 67.9 Å².